The van der Waals surface area contributed by atoms with Crippen LogP contribution in [0, 0.1) is 0 Å². The first-order valence-electron chi connectivity index (χ1n) is 7.81. The van der Waals surface area contributed by atoms with Crippen molar-refractivity contribution in [1.82, 2.24) is 36.1 Å². The molecule has 128 valence electrons. The Kier molecular flexibility index (Phi) is 3.94. The first-order valence-corrected chi connectivity index (χ1v) is 7.81. The molecule has 9 nitrogen and oxygen atoms in total. The van der Waals surface area contributed by atoms with E-state index >= 15 is 0 Å². The minimum Gasteiger partial charge on any atom is -0.346 e. The fourth-order valence-corrected chi connectivity index (χ4v) is 2.55. The number of fused-ring (bicyclic) bond motifs is 1. The molecule has 0 saturated carbocycles. The number of amides is 1. The fourth-order valence-electron chi connectivity index (χ4n) is 2.55. The molecular weight excluding hydrogens is 334 g/mol. The van der Waals surface area contributed by atoms with Gasteiger partial charge in [-0.1, -0.05) is 36.4 Å². The van der Waals surface area contributed by atoms with Crippen LogP contribution in [-0.4, -0.2) is 36.7 Å². The van der Waals surface area contributed by atoms with Crippen LogP contribution in [0.5, 0.6) is 0 Å². The lowest BCUT2D eigenvalue weighted by molar-refractivity contribution is 0.0944. The number of nitrogens with one attached hydrogen (secondary N) is 3. The van der Waals surface area contributed by atoms with Gasteiger partial charge in [-0.25, -0.2) is 0 Å². The average molecular weight is 347 g/mol. The lowest BCUT2D eigenvalue weighted by atomic mass is 10.1. The number of tetrazole rings is 1. The van der Waals surface area contributed by atoms with Gasteiger partial charge in [0.2, 0.25) is 11.3 Å². The molecule has 0 aliphatic carbocycles. The molecule has 1 amide bonds. The summed E-state index contributed by atoms with van der Waals surface area (Å²) in [5.41, 5.74) is 1.70. The molecule has 2 heterocycles. The van der Waals surface area contributed by atoms with Crippen LogP contribution in [-0.2, 0) is 6.54 Å². The molecule has 0 aliphatic heterocycles. The van der Waals surface area contributed by atoms with Gasteiger partial charge in [-0.05, 0) is 22.9 Å². The predicted molar refractivity (Wildman–Crippen MR) is 93.1 cm³/mol. The number of nitrogens with zero attached hydrogens (tertiary/aromatic N) is 4. The zero-order valence-electron chi connectivity index (χ0n) is 13.4. The number of carbonyl (C=O) groups is 1. The third kappa shape index (κ3) is 2.93. The monoisotopic (exact) mass is 347 g/mol. The highest BCUT2D eigenvalue weighted by Gasteiger charge is 2.14. The first-order chi connectivity index (χ1) is 12.7. The normalized spacial score (nSPS) is 10.8. The van der Waals surface area contributed by atoms with E-state index in [1.54, 1.807) is 24.3 Å². The molecule has 26 heavy (non-hydrogen) atoms. The average Bonchev–Trinajstić information content (AvgIpc) is 3.22. The summed E-state index contributed by atoms with van der Waals surface area (Å²) in [5.74, 6) is -0.0354. The summed E-state index contributed by atoms with van der Waals surface area (Å²) in [4.78, 5) is 24.7. The lowest BCUT2D eigenvalue weighted by Crippen LogP contribution is -2.30. The van der Waals surface area contributed by atoms with Crippen molar-refractivity contribution < 1.29 is 4.79 Å². The van der Waals surface area contributed by atoms with Gasteiger partial charge in [-0.15, -0.1) is 10.2 Å². The molecule has 9 heteroatoms. The van der Waals surface area contributed by atoms with Gasteiger partial charge in [0.15, 0.2) is 5.69 Å². The molecule has 0 aliphatic rings. The Morgan fingerprint density at radius 2 is 1.85 bits per heavy atom. The quantitative estimate of drug-likeness (QED) is 0.506. The number of rotatable bonds is 4. The standard InChI is InChI=1S/C17H13N7O2/c25-15-12-3-1-2-4-13(12)19-20-14(15)17(26)18-9-10-5-7-11(8-6-10)16-21-23-24-22-16/h1-8H,9H2,(H,18,26)(H,19,25)(H,21,22,23,24). The fraction of sp³-hybridized carbons (Fsp3) is 0.0588. The Balaban J connectivity index is 1.49. The van der Waals surface area contributed by atoms with Crippen molar-refractivity contribution in [2.24, 2.45) is 0 Å². The van der Waals surface area contributed by atoms with Crippen LogP contribution in [0.2, 0.25) is 0 Å². The molecule has 4 aromatic rings. The van der Waals surface area contributed by atoms with Crippen molar-refractivity contribution in [3.05, 3.63) is 70.0 Å². The smallest absolute Gasteiger partial charge is 0.276 e. The van der Waals surface area contributed by atoms with E-state index in [9.17, 15) is 9.59 Å². The molecule has 0 spiro atoms. The summed E-state index contributed by atoms with van der Waals surface area (Å²) in [6.45, 7) is 0.263. The van der Waals surface area contributed by atoms with Gasteiger partial charge >= 0.3 is 0 Å². The summed E-state index contributed by atoms with van der Waals surface area (Å²) >= 11 is 0. The second-order valence-electron chi connectivity index (χ2n) is 5.56. The Morgan fingerprint density at radius 1 is 1.04 bits per heavy atom. The molecule has 0 saturated heterocycles. The summed E-state index contributed by atoms with van der Waals surface area (Å²) < 4.78 is 0. The topological polar surface area (TPSA) is 129 Å². The molecule has 0 fully saturated rings. The van der Waals surface area contributed by atoms with Crippen LogP contribution in [0.4, 0.5) is 0 Å². The van der Waals surface area contributed by atoms with E-state index in [1.165, 1.54) is 0 Å². The van der Waals surface area contributed by atoms with Crippen molar-refractivity contribution >= 4 is 16.8 Å². The lowest BCUT2D eigenvalue weighted by Gasteiger charge is -2.06. The highest BCUT2D eigenvalue weighted by atomic mass is 16.2. The van der Waals surface area contributed by atoms with Crippen molar-refractivity contribution in [3.8, 4) is 11.4 Å². The van der Waals surface area contributed by atoms with Crippen molar-refractivity contribution in [1.29, 1.82) is 0 Å². The molecule has 2 aromatic carbocycles. The third-order valence-electron chi connectivity index (χ3n) is 3.90. The van der Waals surface area contributed by atoms with Gasteiger partial charge in [-0.2, -0.15) is 10.3 Å². The number of benzene rings is 2. The van der Waals surface area contributed by atoms with Crippen LogP contribution in [0.25, 0.3) is 22.3 Å². The summed E-state index contributed by atoms with van der Waals surface area (Å²) in [5, 5.41) is 23.5. The Hall–Kier alpha value is -3.88. The summed E-state index contributed by atoms with van der Waals surface area (Å²) in [7, 11) is 0. The van der Waals surface area contributed by atoms with Crippen LogP contribution >= 0.6 is 0 Å². The predicted octanol–water partition coefficient (Wildman–Crippen LogP) is 1.03. The number of hydrogen-bond acceptors (Lipinski definition) is 6. The third-order valence-corrected chi connectivity index (χ3v) is 3.90. The molecule has 0 radical (unpaired) electrons. The second kappa shape index (κ2) is 6.55. The molecule has 2 aromatic heterocycles. The zero-order chi connectivity index (χ0) is 17.9. The largest absolute Gasteiger partial charge is 0.346 e. The molecule has 4 rings (SSSR count). The van der Waals surface area contributed by atoms with Crippen LogP contribution in [0.1, 0.15) is 16.1 Å². The molecule has 3 N–H and O–H groups in total. The molecule has 0 bridgehead atoms. The maximum Gasteiger partial charge on any atom is 0.276 e. The number of carbonyl (C=O) groups excluding carboxylic acids is 1. The minimum absolute atomic E-state index is 0.160. The number of hydrogen-bond donors (Lipinski definition) is 3. The van der Waals surface area contributed by atoms with Crippen LogP contribution < -0.4 is 10.7 Å². The van der Waals surface area contributed by atoms with Gasteiger partial charge in [0.25, 0.3) is 5.91 Å². The van der Waals surface area contributed by atoms with E-state index in [1.807, 2.05) is 24.3 Å². The van der Waals surface area contributed by atoms with Gasteiger partial charge in [0, 0.05) is 17.5 Å². The SMILES string of the molecule is O=C(NCc1ccc(-c2nn[nH]n2)cc1)c1n[nH]c2ccccc2c1=O. The van der Waals surface area contributed by atoms with Gasteiger partial charge < -0.3 is 5.32 Å². The van der Waals surface area contributed by atoms with Crippen LogP contribution in [0.15, 0.2) is 53.3 Å². The Bertz CT molecular complexity index is 1120. The van der Waals surface area contributed by atoms with Gasteiger partial charge in [0.1, 0.15) is 0 Å². The van der Waals surface area contributed by atoms with Gasteiger partial charge in [0.05, 0.1) is 5.52 Å². The van der Waals surface area contributed by atoms with Crippen molar-refractivity contribution in [2.75, 3.05) is 0 Å². The van der Waals surface area contributed by atoms with E-state index in [2.05, 4.69) is 36.1 Å². The number of aromatic amines is 2. The summed E-state index contributed by atoms with van der Waals surface area (Å²) in [6.07, 6.45) is 0. The highest BCUT2D eigenvalue weighted by Crippen LogP contribution is 2.14. The molecule has 0 atom stereocenters. The number of H-pyrrole nitrogens is 2. The second-order valence-corrected chi connectivity index (χ2v) is 5.56. The van der Waals surface area contributed by atoms with Crippen LogP contribution in [0.3, 0.4) is 0 Å². The minimum atomic E-state index is -0.528. The first kappa shape index (κ1) is 15.6. The summed E-state index contributed by atoms with van der Waals surface area (Å²) in [6, 6.07) is 14.2. The van der Waals surface area contributed by atoms with E-state index in [0.717, 1.165) is 11.1 Å². The van der Waals surface area contributed by atoms with E-state index in [4.69, 9.17) is 0 Å². The molecule has 0 unspecified atom stereocenters. The van der Waals surface area contributed by atoms with Gasteiger partial charge in [-0.3, -0.25) is 14.7 Å². The van der Waals surface area contributed by atoms with E-state index in [0.29, 0.717) is 16.7 Å². The van der Waals surface area contributed by atoms with Crippen molar-refractivity contribution in [3.63, 3.8) is 0 Å². The zero-order valence-corrected chi connectivity index (χ0v) is 13.4. The molecular formula is C17H13N7O2. The van der Waals surface area contributed by atoms with Crippen molar-refractivity contribution in [2.45, 2.75) is 6.54 Å². The maximum atomic E-state index is 12.4. The van der Waals surface area contributed by atoms with E-state index in [-0.39, 0.29) is 12.2 Å². The Morgan fingerprint density at radius 3 is 2.62 bits per heavy atom. The number of para-hydroxylation sites is 1. The van der Waals surface area contributed by atoms with E-state index < -0.39 is 11.3 Å². The highest BCUT2D eigenvalue weighted by molar-refractivity contribution is 5.95. The Labute approximate surface area is 146 Å². The number of aromatic nitrogens is 6. The maximum absolute atomic E-state index is 12.4.